The van der Waals surface area contributed by atoms with Crippen LogP contribution in [0.4, 0.5) is 11.4 Å². The van der Waals surface area contributed by atoms with Crippen molar-refractivity contribution in [3.63, 3.8) is 0 Å². The summed E-state index contributed by atoms with van der Waals surface area (Å²) in [4.78, 5) is 2.26. The van der Waals surface area contributed by atoms with Crippen molar-refractivity contribution in [3.8, 4) is 11.1 Å². The molecule has 0 aromatic heterocycles. The van der Waals surface area contributed by atoms with Crippen molar-refractivity contribution in [2.75, 3.05) is 11.9 Å². The largest absolute Gasteiger partial charge is 0.344 e. The molecule has 0 aliphatic rings. The normalized spacial score (nSPS) is 10.7. The van der Waals surface area contributed by atoms with Crippen molar-refractivity contribution in [1.29, 1.82) is 0 Å². The topological polar surface area (TPSA) is 3.24 Å². The average molecular weight is 315 g/mol. The summed E-state index contributed by atoms with van der Waals surface area (Å²) < 4.78 is 0. The summed E-state index contributed by atoms with van der Waals surface area (Å²) in [6.45, 7) is 8.65. The Morgan fingerprint density at radius 1 is 0.625 bits per heavy atom. The molecule has 3 aromatic carbocycles. The van der Waals surface area contributed by atoms with Gasteiger partial charge in [-0.15, -0.1) is 0 Å². The molecule has 0 saturated carbocycles. The van der Waals surface area contributed by atoms with E-state index in [1.165, 1.54) is 44.8 Å². The van der Waals surface area contributed by atoms with E-state index in [1.807, 2.05) is 0 Å². The van der Waals surface area contributed by atoms with Gasteiger partial charge in [0, 0.05) is 18.4 Å². The third kappa shape index (κ3) is 3.21. The van der Waals surface area contributed by atoms with E-state index < -0.39 is 0 Å². The van der Waals surface area contributed by atoms with Gasteiger partial charge in [-0.25, -0.2) is 0 Å². The van der Waals surface area contributed by atoms with E-state index in [4.69, 9.17) is 0 Å². The summed E-state index contributed by atoms with van der Waals surface area (Å²) in [7, 11) is 2.13. The van der Waals surface area contributed by atoms with Gasteiger partial charge in [0.2, 0.25) is 0 Å². The molecule has 0 bridgehead atoms. The molecule has 0 amide bonds. The fourth-order valence-corrected chi connectivity index (χ4v) is 3.11. The Morgan fingerprint density at radius 2 is 1.29 bits per heavy atom. The Balaban J connectivity index is 1.96. The summed E-state index contributed by atoms with van der Waals surface area (Å²) in [5.41, 5.74) is 10.3. The molecule has 0 atom stereocenters. The fraction of sp³-hybridized carbons (Fsp3) is 0.217. The molecule has 122 valence electrons. The zero-order valence-corrected chi connectivity index (χ0v) is 15.2. The van der Waals surface area contributed by atoms with Crippen LogP contribution in [0.5, 0.6) is 0 Å². The lowest BCUT2D eigenvalue weighted by Gasteiger charge is -2.22. The molecule has 0 aliphatic carbocycles. The van der Waals surface area contributed by atoms with Gasteiger partial charge in [0.15, 0.2) is 0 Å². The van der Waals surface area contributed by atoms with Crippen molar-refractivity contribution in [3.05, 3.63) is 82.9 Å². The van der Waals surface area contributed by atoms with E-state index >= 15 is 0 Å². The SMILES string of the molecule is Cc1cccc(N(C)c2ccc(-c3ccc(C)c(C)c3)cc2C)c1. The summed E-state index contributed by atoms with van der Waals surface area (Å²) >= 11 is 0. The van der Waals surface area contributed by atoms with Crippen molar-refractivity contribution in [1.82, 2.24) is 0 Å². The van der Waals surface area contributed by atoms with Crippen LogP contribution in [0.1, 0.15) is 22.3 Å². The molecule has 0 heterocycles. The van der Waals surface area contributed by atoms with Crippen LogP contribution in [0, 0.1) is 27.7 Å². The second-order valence-corrected chi connectivity index (χ2v) is 6.70. The second-order valence-electron chi connectivity index (χ2n) is 6.70. The van der Waals surface area contributed by atoms with Crippen LogP contribution >= 0.6 is 0 Å². The van der Waals surface area contributed by atoms with Crippen molar-refractivity contribution in [2.24, 2.45) is 0 Å². The van der Waals surface area contributed by atoms with Crippen molar-refractivity contribution < 1.29 is 0 Å². The highest BCUT2D eigenvalue weighted by Gasteiger charge is 2.09. The molecular weight excluding hydrogens is 290 g/mol. The van der Waals surface area contributed by atoms with Crippen LogP contribution in [-0.2, 0) is 0 Å². The Bertz CT molecular complexity index is 877. The molecular formula is C23H25N. The van der Waals surface area contributed by atoms with Crippen LogP contribution in [0.15, 0.2) is 60.7 Å². The highest BCUT2D eigenvalue weighted by Crippen LogP contribution is 2.31. The molecule has 24 heavy (non-hydrogen) atoms. The first-order valence-corrected chi connectivity index (χ1v) is 8.44. The van der Waals surface area contributed by atoms with Gasteiger partial charge in [-0.1, -0.05) is 36.4 Å². The highest BCUT2D eigenvalue weighted by molar-refractivity contribution is 5.73. The molecule has 1 nitrogen and oxygen atoms in total. The summed E-state index contributed by atoms with van der Waals surface area (Å²) in [6.07, 6.45) is 0. The summed E-state index contributed by atoms with van der Waals surface area (Å²) in [5, 5.41) is 0. The maximum Gasteiger partial charge on any atom is 0.0438 e. The Kier molecular flexibility index (Phi) is 4.44. The number of aryl methyl sites for hydroxylation is 4. The lowest BCUT2D eigenvalue weighted by Crippen LogP contribution is -2.10. The van der Waals surface area contributed by atoms with Crippen LogP contribution in [0.2, 0.25) is 0 Å². The Morgan fingerprint density at radius 3 is 1.92 bits per heavy atom. The first-order valence-electron chi connectivity index (χ1n) is 8.44. The standard InChI is InChI=1S/C23H25N/c1-16-7-6-8-22(13-16)24(5)23-12-11-21(15-19(23)4)20-10-9-17(2)18(3)14-20/h6-15H,1-5H3. The predicted molar refractivity (Wildman–Crippen MR) is 105 cm³/mol. The van der Waals surface area contributed by atoms with Crippen LogP contribution in [0.3, 0.4) is 0 Å². The molecule has 0 radical (unpaired) electrons. The number of nitrogens with zero attached hydrogens (tertiary/aromatic N) is 1. The van der Waals surface area contributed by atoms with E-state index in [9.17, 15) is 0 Å². The molecule has 0 unspecified atom stereocenters. The monoisotopic (exact) mass is 315 g/mol. The van der Waals surface area contributed by atoms with Gasteiger partial charge in [0.1, 0.15) is 0 Å². The average Bonchev–Trinajstić information content (AvgIpc) is 2.56. The first-order chi connectivity index (χ1) is 11.5. The molecule has 0 N–H and O–H groups in total. The zero-order chi connectivity index (χ0) is 17.3. The third-order valence-corrected chi connectivity index (χ3v) is 4.79. The quantitative estimate of drug-likeness (QED) is 0.544. The predicted octanol–water partition coefficient (Wildman–Crippen LogP) is 6.36. The molecule has 1 heteroatoms. The highest BCUT2D eigenvalue weighted by atomic mass is 15.1. The summed E-state index contributed by atoms with van der Waals surface area (Å²) in [5.74, 6) is 0. The van der Waals surface area contributed by atoms with E-state index in [0.29, 0.717) is 0 Å². The smallest absolute Gasteiger partial charge is 0.0438 e. The number of anilines is 2. The minimum Gasteiger partial charge on any atom is -0.344 e. The molecule has 3 aromatic rings. The van der Waals surface area contributed by atoms with Crippen molar-refractivity contribution >= 4 is 11.4 Å². The minimum absolute atomic E-state index is 1.22. The molecule has 0 saturated heterocycles. The zero-order valence-electron chi connectivity index (χ0n) is 15.2. The van der Waals surface area contributed by atoms with Crippen LogP contribution in [0.25, 0.3) is 11.1 Å². The van der Waals surface area contributed by atoms with Gasteiger partial charge in [-0.05, 0) is 85.3 Å². The lowest BCUT2D eigenvalue weighted by atomic mass is 9.98. The van der Waals surface area contributed by atoms with E-state index in [0.717, 1.165) is 0 Å². The van der Waals surface area contributed by atoms with E-state index in [-0.39, 0.29) is 0 Å². The summed E-state index contributed by atoms with van der Waals surface area (Å²) in [6, 6.07) is 22.0. The number of rotatable bonds is 3. The maximum atomic E-state index is 2.28. The Labute approximate surface area is 145 Å². The molecule has 0 fully saturated rings. The van der Waals surface area contributed by atoms with Gasteiger partial charge in [0.25, 0.3) is 0 Å². The van der Waals surface area contributed by atoms with Gasteiger partial charge in [0.05, 0.1) is 0 Å². The van der Waals surface area contributed by atoms with Gasteiger partial charge in [-0.3, -0.25) is 0 Å². The second kappa shape index (κ2) is 6.52. The van der Waals surface area contributed by atoms with E-state index in [1.54, 1.807) is 0 Å². The molecule has 0 aliphatic heterocycles. The minimum atomic E-state index is 1.22. The number of hydrogen-bond acceptors (Lipinski definition) is 1. The Hall–Kier alpha value is -2.54. The van der Waals surface area contributed by atoms with Crippen LogP contribution in [-0.4, -0.2) is 7.05 Å². The van der Waals surface area contributed by atoms with Gasteiger partial charge < -0.3 is 4.90 Å². The molecule has 3 rings (SSSR count). The van der Waals surface area contributed by atoms with E-state index in [2.05, 4.69) is 100 Å². The maximum absolute atomic E-state index is 2.28. The fourth-order valence-electron chi connectivity index (χ4n) is 3.11. The lowest BCUT2D eigenvalue weighted by molar-refractivity contribution is 1.18. The van der Waals surface area contributed by atoms with Crippen LogP contribution < -0.4 is 4.90 Å². The third-order valence-electron chi connectivity index (χ3n) is 4.79. The van der Waals surface area contributed by atoms with Gasteiger partial charge >= 0.3 is 0 Å². The number of hydrogen-bond donors (Lipinski definition) is 0. The number of benzene rings is 3. The van der Waals surface area contributed by atoms with Gasteiger partial charge in [-0.2, -0.15) is 0 Å². The first kappa shape index (κ1) is 16.3. The molecule has 0 spiro atoms. The van der Waals surface area contributed by atoms with Crippen molar-refractivity contribution in [2.45, 2.75) is 27.7 Å².